The zero-order valence-electron chi connectivity index (χ0n) is 23.4. The molecule has 198 valence electrons. The predicted molar refractivity (Wildman–Crippen MR) is 140 cm³/mol. The molecule has 0 aromatic heterocycles. The van der Waals surface area contributed by atoms with Crippen molar-refractivity contribution in [3.8, 4) is 0 Å². The van der Waals surface area contributed by atoms with Gasteiger partial charge in [0.05, 0.1) is 19.1 Å². The summed E-state index contributed by atoms with van der Waals surface area (Å²) in [4.78, 5) is 16.1. The molecule has 1 saturated carbocycles. The van der Waals surface area contributed by atoms with Crippen LogP contribution < -0.4 is 5.43 Å². The van der Waals surface area contributed by atoms with Gasteiger partial charge in [-0.3, -0.25) is 4.79 Å². The standard InChI is InChI=1S/C28H53N3O3/c1-9-13-15-16-23-17-19-27(29-30(7)8,24(20-23)25(32)31(11-3)12-4)28(18-14-10-2)33-21-26(5,6)22-34-28/h14,18,23-24,29H,9-13,15-17,19-22H2,1-8H3/b18-14-. The van der Waals surface area contributed by atoms with Crippen LogP contribution in [-0.4, -0.2) is 67.5 Å². The summed E-state index contributed by atoms with van der Waals surface area (Å²) in [6.45, 7) is 15.5. The van der Waals surface area contributed by atoms with E-state index in [1.54, 1.807) is 0 Å². The van der Waals surface area contributed by atoms with E-state index in [1.165, 1.54) is 25.7 Å². The third-order valence-electron chi connectivity index (χ3n) is 7.67. The maximum Gasteiger partial charge on any atom is 0.227 e. The third kappa shape index (κ3) is 6.63. The Morgan fingerprint density at radius 2 is 1.71 bits per heavy atom. The van der Waals surface area contributed by atoms with Gasteiger partial charge in [0, 0.05) is 32.6 Å². The molecule has 2 fully saturated rings. The molecule has 6 heteroatoms. The molecule has 0 bridgehead atoms. The van der Waals surface area contributed by atoms with Crippen molar-refractivity contribution >= 4 is 5.91 Å². The van der Waals surface area contributed by atoms with E-state index in [1.807, 2.05) is 24.0 Å². The van der Waals surface area contributed by atoms with Gasteiger partial charge in [-0.15, -0.1) is 0 Å². The molecule has 0 spiro atoms. The van der Waals surface area contributed by atoms with Crippen molar-refractivity contribution in [2.24, 2.45) is 17.3 Å². The number of nitrogens with zero attached hydrogens (tertiary/aromatic N) is 2. The summed E-state index contributed by atoms with van der Waals surface area (Å²) in [7, 11) is 4.02. The van der Waals surface area contributed by atoms with Crippen LogP contribution in [0.1, 0.15) is 92.9 Å². The van der Waals surface area contributed by atoms with Gasteiger partial charge in [-0.05, 0) is 51.5 Å². The van der Waals surface area contributed by atoms with Crippen molar-refractivity contribution in [2.75, 3.05) is 40.4 Å². The summed E-state index contributed by atoms with van der Waals surface area (Å²) in [5.41, 5.74) is 3.02. The Bertz CT molecular complexity index is 649. The Kier molecular flexibility index (Phi) is 11.1. The number of amides is 1. The van der Waals surface area contributed by atoms with E-state index < -0.39 is 11.3 Å². The van der Waals surface area contributed by atoms with Crippen LogP contribution in [0.15, 0.2) is 12.2 Å². The molecule has 6 nitrogen and oxygen atoms in total. The van der Waals surface area contributed by atoms with Crippen LogP contribution in [0.25, 0.3) is 0 Å². The van der Waals surface area contributed by atoms with E-state index in [-0.39, 0.29) is 17.2 Å². The smallest absolute Gasteiger partial charge is 0.227 e. The summed E-state index contributed by atoms with van der Waals surface area (Å²) in [5, 5.41) is 1.99. The maximum absolute atomic E-state index is 14.2. The SMILES string of the molecule is CC/C=C\C1(C2(NN(C)C)CCC(CCCCC)CC2C(=O)N(CC)CC)OCC(C)(C)CO1. The monoisotopic (exact) mass is 479 g/mol. The molecular weight excluding hydrogens is 426 g/mol. The van der Waals surface area contributed by atoms with Crippen LogP contribution >= 0.6 is 0 Å². The second-order valence-corrected chi connectivity index (χ2v) is 11.4. The van der Waals surface area contributed by atoms with E-state index >= 15 is 0 Å². The van der Waals surface area contributed by atoms with Gasteiger partial charge in [0.15, 0.2) is 0 Å². The highest BCUT2D eigenvalue weighted by atomic mass is 16.7. The first-order chi connectivity index (χ1) is 16.1. The van der Waals surface area contributed by atoms with E-state index in [0.29, 0.717) is 19.1 Å². The maximum atomic E-state index is 14.2. The van der Waals surface area contributed by atoms with E-state index in [4.69, 9.17) is 9.47 Å². The fourth-order valence-corrected chi connectivity index (χ4v) is 5.76. The number of carbonyl (C=O) groups is 1. The summed E-state index contributed by atoms with van der Waals surface area (Å²) >= 11 is 0. The summed E-state index contributed by atoms with van der Waals surface area (Å²) in [6.07, 6.45) is 12.9. The number of ether oxygens (including phenoxy) is 2. The zero-order chi connectivity index (χ0) is 25.4. The molecule has 1 N–H and O–H groups in total. The highest BCUT2D eigenvalue weighted by Crippen LogP contribution is 2.50. The molecule has 1 heterocycles. The van der Waals surface area contributed by atoms with Gasteiger partial charge in [-0.2, -0.15) is 0 Å². The fourth-order valence-electron chi connectivity index (χ4n) is 5.76. The Labute approximate surface area is 209 Å². The van der Waals surface area contributed by atoms with Gasteiger partial charge in [0.25, 0.3) is 0 Å². The van der Waals surface area contributed by atoms with Crippen LogP contribution in [-0.2, 0) is 14.3 Å². The molecule has 2 rings (SSSR count). The molecule has 1 amide bonds. The van der Waals surface area contributed by atoms with Crippen molar-refractivity contribution in [1.82, 2.24) is 15.3 Å². The second-order valence-electron chi connectivity index (χ2n) is 11.4. The largest absolute Gasteiger partial charge is 0.344 e. The van der Waals surface area contributed by atoms with Crippen molar-refractivity contribution in [3.05, 3.63) is 12.2 Å². The quantitative estimate of drug-likeness (QED) is 0.231. The highest BCUT2D eigenvalue weighted by Gasteiger charge is 2.63. The Morgan fingerprint density at radius 3 is 2.24 bits per heavy atom. The number of hydrazine groups is 1. The number of carbonyl (C=O) groups excluding carboxylic acids is 1. The third-order valence-corrected chi connectivity index (χ3v) is 7.67. The number of unbranched alkanes of at least 4 members (excludes halogenated alkanes) is 2. The van der Waals surface area contributed by atoms with Crippen LogP contribution in [0.5, 0.6) is 0 Å². The Hall–Kier alpha value is -0.950. The first-order valence-corrected chi connectivity index (χ1v) is 13.8. The van der Waals surface area contributed by atoms with Gasteiger partial charge in [-0.1, -0.05) is 59.5 Å². The molecule has 1 saturated heterocycles. The average molecular weight is 480 g/mol. The Morgan fingerprint density at radius 1 is 1.06 bits per heavy atom. The van der Waals surface area contributed by atoms with Crippen molar-refractivity contribution in [1.29, 1.82) is 0 Å². The molecule has 0 radical (unpaired) electrons. The lowest BCUT2D eigenvalue weighted by molar-refractivity contribution is -0.323. The lowest BCUT2D eigenvalue weighted by Crippen LogP contribution is -2.75. The van der Waals surface area contributed by atoms with Crippen LogP contribution in [0.3, 0.4) is 0 Å². The molecular formula is C28H53N3O3. The summed E-state index contributed by atoms with van der Waals surface area (Å²) in [5.74, 6) is -0.427. The minimum absolute atomic E-state index is 0.0570. The minimum atomic E-state index is -0.981. The summed E-state index contributed by atoms with van der Waals surface area (Å²) in [6, 6.07) is 0. The Balaban J connectivity index is 2.58. The topological polar surface area (TPSA) is 54.0 Å². The highest BCUT2D eigenvalue weighted by molar-refractivity contribution is 5.81. The first kappa shape index (κ1) is 29.3. The number of rotatable bonds is 12. The van der Waals surface area contributed by atoms with Crippen LogP contribution in [0.2, 0.25) is 0 Å². The van der Waals surface area contributed by atoms with Gasteiger partial charge in [0.1, 0.15) is 5.54 Å². The van der Waals surface area contributed by atoms with Gasteiger partial charge in [-0.25, -0.2) is 10.4 Å². The van der Waals surface area contributed by atoms with Crippen molar-refractivity contribution in [2.45, 2.75) is 104 Å². The molecule has 1 aliphatic carbocycles. The van der Waals surface area contributed by atoms with E-state index in [9.17, 15) is 4.79 Å². The lowest BCUT2D eigenvalue weighted by Gasteiger charge is -2.58. The zero-order valence-corrected chi connectivity index (χ0v) is 23.4. The molecule has 0 aromatic rings. The number of hydrogen-bond acceptors (Lipinski definition) is 5. The van der Waals surface area contributed by atoms with Gasteiger partial charge < -0.3 is 14.4 Å². The van der Waals surface area contributed by atoms with Gasteiger partial charge >= 0.3 is 0 Å². The molecule has 1 aliphatic heterocycles. The van der Waals surface area contributed by atoms with E-state index in [2.05, 4.69) is 59.1 Å². The molecule has 0 aromatic carbocycles. The summed E-state index contributed by atoms with van der Waals surface area (Å²) < 4.78 is 13.4. The molecule has 2 aliphatic rings. The first-order valence-electron chi connectivity index (χ1n) is 13.8. The van der Waals surface area contributed by atoms with Crippen LogP contribution in [0.4, 0.5) is 0 Å². The van der Waals surface area contributed by atoms with Crippen molar-refractivity contribution in [3.63, 3.8) is 0 Å². The average Bonchev–Trinajstić information content (AvgIpc) is 2.80. The minimum Gasteiger partial charge on any atom is -0.344 e. The predicted octanol–water partition coefficient (Wildman–Crippen LogP) is 5.39. The molecule has 3 atom stereocenters. The van der Waals surface area contributed by atoms with Gasteiger partial charge in [0.2, 0.25) is 11.7 Å². The molecule has 3 unspecified atom stereocenters. The number of hydrogen-bond donors (Lipinski definition) is 1. The number of allylic oxidation sites excluding steroid dienone is 1. The normalized spacial score (nSPS) is 29.0. The van der Waals surface area contributed by atoms with Crippen molar-refractivity contribution < 1.29 is 14.3 Å². The second kappa shape index (κ2) is 12.8. The van der Waals surface area contributed by atoms with Crippen LogP contribution in [0, 0.1) is 17.3 Å². The van der Waals surface area contributed by atoms with E-state index in [0.717, 1.165) is 38.8 Å². The molecule has 34 heavy (non-hydrogen) atoms. The number of nitrogens with one attached hydrogen (secondary N) is 1. The fraction of sp³-hybridized carbons (Fsp3) is 0.893. The lowest BCUT2D eigenvalue weighted by atomic mass is 9.63.